The van der Waals surface area contributed by atoms with Gasteiger partial charge in [-0.3, -0.25) is 0 Å². The van der Waals surface area contributed by atoms with Crippen LogP contribution in [0.3, 0.4) is 0 Å². The van der Waals surface area contributed by atoms with Crippen LogP contribution in [0.2, 0.25) is 0 Å². The Labute approximate surface area is 111 Å². The monoisotopic (exact) mass is 301 g/mol. The minimum atomic E-state index is -0.0443. The maximum atomic E-state index is 5.93. The molecule has 0 aliphatic heterocycles. The summed E-state index contributed by atoms with van der Waals surface area (Å²) in [5.41, 5.74) is 6.95. The van der Waals surface area contributed by atoms with Crippen molar-refractivity contribution >= 4 is 15.9 Å². The number of halogens is 1. The fourth-order valence-electron chi connectivity index (χ4n) is 1.54. The molecule has 0 fully saturated rings. The Morgan fingerprint density at radius 3 is 2.65 bits per heavy atom. The van der Waals surface area contributed by atoms with Gasteiger partial charge in [-0.2, -0.15) is 0 Å². The maximum absolute atomic E-state index is 5.93. The molecule has 0 heterocycles. The Balaban J connectivity index is 2.76. The third-order valence-electron chi connectivity index (χ3n) is 2.52. The van der Waals surface area contributed by atoms with Gasteiger partial charge in [-0.15, -0.1) is 0 Å². The Kier molecular flexibility index (Phi) is 5.95. The Morgan fingerprint density at radius 1 is 1.35 bits per heavy atom. The lowest BCUT2D eigenvalue weighted by Crippen LogP contribution is -2.16. The van der Waals surface area contributed by atoms with Crippen LogP contribution in [0.15, 0.2) is 22.7 Å². The van der Waals surface area contributed by atoms with Gasteiger partial charge >= 0.3 is 0 Å². The Bertz CT molecular complexity index is 355. The predicted molar refractivity (Wildman–Crippen MR) is 73.3 cm³/mol. The molecule has 1 unspecified atom stereocenters. The lowest BCUT2D eigenvalue weighted by molar-refractivity contribution is 0.134. The maximum Gasteiger partial charge on any atom is 0.124 e. The van der Waals surface area contributed by atoms with Gasteiger partial charge < -0.3 is 15.2 Å². The van der Waals surface area contributed by atoms with Crippen LogP contribution < -0.4 is 10.5 Å². The first-order valence-electron chi connectivity index (χ1n) is 5.75. The molecule has 17 heavy (non-hydrogen) atoms. The highest BCUT2D eigenvalue weighted by molar-refractivity contribution is 9.10. The molecule has 1 aromatic carbocycles. The normalized spacial score (nSPS) is 14.4. The van der Waals surface area contributed by atoms with Crippen LogP contribution in [0.1, 0.15) is 31.9 Å². The van der Waals surface area contributed by atoms with Crippen LogP contribution in [0, 0.1) is 0 Å². The summed E-state index contributed by atoms with van der Waals surface area (Å²) in [4.78, 5) is 0. The molecule has 96 valence electrons. The number of methoxy groups -OCH3 is 1. The highest BCUT2D eigenvalue weighted by atomic mass is 79.9. The number of ether oxygens (including phenoxy) is 2. The van der Waals surface area contributed by atoms with Gasteiger partial charge in [0.05, 0.1) is 6.10 Å². The Morgan fingerprint density at radius 2 is 2.06 bits per heavy atom. The molecule has 0 radical (unpaired) electrons. The molecule has 0 aromatic heterocycles. The van der Waals surface area contributed by atoms with Crippen molar-refractivity contribution in [3.05, 3.63) is 28.2 Å². The van der Waals surface area contributed by atoms with Crippen LogP contribution in [0.5, 0.6) is 5.75 Å². The molecule has 2 N–H and O–H groups in total. The zero-order valence-corrected chi connectivity index (χ0v) is 12.2. The molecule has 0 saturated carbocycles. The van der Waals surface area contributed by atoms with Gasteiger partial charge in [0.2, 0.25) is 0 Å². The van der Waals surface area contributed by atoms with E-state index in [1.807, 2.05) is 32.0 Å². The lowest BCUT2D eigenvalue weighted by atomic mass is 10.1. The fraction of sp³-hybridized carbons (Fsp3) is 0.538. The zero-order chi connectivity index (χ0) is 12.8. The topological polar surface area (TPSA) is 44.5 Å². The molecule has 1 rings (SSSR count). The molecule has 0 saturated heterocycles. The van der Waals surface area contributed by atoms with Crippen molar-refractivity contribution in [2.45, 2.75) is 32.4 Å². The summed E-state index contributed by atoms with van der Waals surface area (Å²) in [6, 6.07) is 5.87. The van der Waals surface area contributed by atoms with E-state index in [9.17, 15) is 0 Å². The summed E-state index contributed by atoms with van der Waals surface area (Å²) in [5, 5.41) is 0. The third kappa shape index (κ3) is 4.66. The van der Waals surface area contributed by atoms with Crippen LogP contribution in [0.25, 0.3) is 0 Å². The second-order valence-electron chi connectivity index (χ2n) is 4.18. The second kappa shape index (κ2) is 6.99. The van der Waals surface area contributed by atoms with Crippen LogP contribution in [-0.2, 0) is 4.74 Å². The van der Waals surface area contributed by atoms with Gasteiger partial charge in [0.25, 0.3) is 0 Å². The highest BCUT2D eigenvalue weighted by Crippen LogP contribution is 2.28. The summed E-state index contributed by atoms with van der Waals surface area (Å²) in [7, 11) is 1.69. The molecule has 0 aliphatic carbocycles. The smallest absolute Gasteiger partial charge is 0.124 e. The first-order valence-corrected chi connectivity index (χ1v) is 6.54. The van der Waals surface area contributed by atoms with Crippen molar-refractivity contribution in [3.8, 4) is 5.75 Å². The molecular weight excluding hydrogens is 282 g/mol. The average Bonchev–Trinajstić information content (AvgIpc) is 2.28. The standard InChI is InChI=1S/C13H20BrNO2/c1-9(6-7-16-3)17-13-5-4-11(14)8-12(13)10(2)15/h4-5,8-10H,6-7,15H2,1-3H3/t9?,10-/m1/s1. The van der Waals surface area contributed by atoms with E-state index in [0.29, 0.717) is 6.61 Å². The SMILES string of the molecule is COCCC(C)Oc1ccc(Br)cc1[C@@H](C)N. The van der Waals surface area contributed by atoms with Gasteiger partial charge in [0.15, 0.2) is 0 Å². The highest BCUT2D eigenvalue weighted by Gasteiger charge is 2.11. The van der Waals surface area contributed by atoms with Crippen molar-refractivity contribution in [3.63, 3.8) is 0 Å². The molecule has 3 nitrogen and oxygen atoms in total. The molecule has 2 atom stereocenters. The van der Waals surface area contributed by atoms with E-state index in [-0.39, 0.29) is 12.1 Å². The molecular formula is C13H20BrNO2. The molecule has 0 aliphatic rings. The first kappa shape index (κ1) is 14.5. The number of nitrogens with two attached hydrogens (primary N) is 1. The number of rotatable bonds is 6. The summed E-state index contributed by atoms with van der Waals surface area (Å²) >= 11 is 3.44. The van der Waals surface area contributed by atoms with Crippen molar-refractivity contribution in [1.82, 2.24) is 0 Å². The van der Waals surface area contributed by atoms with Gasteiger partial charge in [0, 0.05) is 36.2 Å². The van der Waals surface area contributed by atoms with Gasteiger partial charge in [-0.05, 0) is 32.0 Å². The van der Waals surface area contributed by atoms with E-state index in [1.165, 1.54) is 0 Å². The van der Waals surface area contributed by atoms with Crippen LogP contribution in [0.4, 0.5) is 0 Å². The first-order chi connectivity index (χ1) is 8.04. The molecule has 0 spiro atoms. The number of hydrogen-bond acceptors (Lipinski definition) is 3. The van der Waals surface area contributed by atoms with E-state index in [1.54, 1.807) is 7.11 Å². The Hall–Kier alpha value is -0.580. The lowest BCUT2D eigenvalue weighted by Gasteiger charge is -2.19. The van der Waals surface area contributed by atoms with Crippen LogP contribution >= 0.6 is 15.9 Å². The largest absolute Gasteiger partial charge is 0.490 e. The van der Waals surface area contributed by atoms with E-state index < -0.39 is 0 Å². The van der Waals surface area contributed by atoms with E-state index in [4.69, 9.17) is 15.2 Å². The quantitative estimate of drug-likeness (QED) is 0.877. The van der Waals surface area contributed by atoms with Gasteiger partial charge in [-0.25, -0.2) is 0 Å². The molecule has 4 heteroatoms. The van der Waals surface area contributed by atoms with Gasteiger partial charge in [0.1, 0.15) is 5.75 Å². The second-order valence-corrected chi connectivity index (χ2v) is 5.10. The molecule has 0 amide bonds. The third-order valence-corrected chi connectivity index (χ3v) is 3.01. The fourth-order valence-corrected chi connectivity index (χ4v) is 1.92. The summed E-state index contributed by atoms with van der Waals surface area (Å²) in [6.07, 6.45) is 0.985. The summed E-state index contributed by atoms with van der Waals surface area (Å²) in [6.45, 7) is 4.69. The van der Waals surface area contributed by atoms with E-state index in [0.717, 1.165) is 22.2 Å². The number of hydrogen-bond donors (Lipinski definition) is 1. The van der Waals surface area contributed by atoms with Crippen molar-refractivity contribution in [1.29, 1.82) is 0 Å². The van der Waals surface area contributed by atoms with Crippen molar-refractivity contribution in [2.75, 3.05) is 13.7 Å². The molecule has 0 bridgehead atoms. The van der Waals surface area contributed by atoms with Crippen molar-refractivity contribution < 1.29 is 9.47 Å². The zero-order valence-electron chi connectivity index (χ0n) is 10.6. The minimum absolute atomic E-state index is 0.0443. The van der Waals surface area contributed by atoms with Gasteiger partial charge in [-0.1, -0.05) is 15.9 Å². The minimum Gasteiger partial charge on any atom is -0.490 e. The summed E-state index contributed by atoms with van der Waals surface area (Å²) < 4.78 is 11.9. The summed E-state index contributed by atoms with van der Waals surface area (Å²) in [5.74, 6) is 0.854. The average molecular weight is 302 g/mol. The molecule has 1 aromatic rings. The predicted octanol–water partition coefficient (Wildman–Crippen LogP) is 3.27. The van der Waals surface area contributed by atoms with E-state index >= 15 is 0 Å². The number of benzene rings is 1. The van der Waals surface area contributed by atoms with Crippen LogP contribution in [-0.4, -0.2) is 19.8 Å². The van der Waals surface area contributed by atoms with Crippen molar-refractivity contribution in [2.24, 2.45) is 5.73 Å². The van der Waals surface area contributed by atoms with E-state index in [2.05, 4.69) is 15.9 Å².